The van der Waals surface area contributed by atoms with Crippen molar-refractivity contribution in [3.8, 4) is 11.3 Å². The van der Waals surface area contributed by atoms with Crippen molar-refractivity contribution in [1.82, 2.24) is 19.5 Å². The quantitative estimate of drug-likeness (QED) is 0.231. The normalized spacial score (nSPS) is 18.9. The molecule has 11 heteroatoms. The summed E-state index contributed by atoms with van der Waals surface area (Å²) in [5.74, 6) is -1.28. The van der Waals surface area contributed by atoms with Crippen molar-refractivity contribution in [2.75, 3.05) is 31.7 Å². The van der Waals surface area contributed by atoms with Gasteiger partial charge in [-0.25, -0.2) is 18.7 Å². The molecule has 2 aliphatic rings. The molecule has 0 aliphatic carbocycles. The van der Waals surface area contributed by atoms with Gasteiger partial charge >= 0.3 is 5.97 Å². The van der Waals surface area contributed by atoms with Crippen LogP contribution in [0.1, 0.15) is 62.6 Å². The van der Waals surface area contributed by atoms with Crippen molar-refractivity contribution < 1.29 is 23.5 Å². The molecule has 1 amide bonds. The lowest BCUT2D eigenvalue weighted by Gasteiger charge is -2.38. The Labute approximate surface area is 238 Å². The molecule has 41 heavy (non-hydrogen) atoms. The molecule has 2 fully saturated rings. The van der Waals surface area contributed by atoms with Crippen LogP contribution in [0.15, 0.2) is 42.1 Å². The first kappa shape index (κ1) is 28.4. The van der Waals surface area contributed by atoms with Crippen LogP contribution in [0, 0.1) is 11.2 Å². The van der Waals surface area contributed by atoms with Crippen LogP contribution in [0.25, 0.3) is 16.9 Å². The number of hydrogen-bond acceptors (Lipinski definition) is 8. The number of nitrogens with zero attached hydrogens (tertiary/aromatic N) is 4. The molecule has 2 N–H and O–H groups in total. The Morgan fingerprint density at radius 1 is 1.24 bits per heavy atom. The van der Waals surface area contributed by atoms with E-state index in [0.717, 1.165) is 37.6 Å². The predicted molar refractivity (Wildman–Crippen MR) is 153 cm³/mol. The molecule has 2 aromatic heterocycles. The van der Waals surface area contributed by atoms with Gasteiger partial charge in [0.25, 0.3) is 5.91 Å². The highest BCUT2D eigenvalue weighted by molar-refractivity contribution is 6.08. The number of halogens is 1. The summed E-state index contributed by atoms with van der Waals surface area (Å²) < 4.78 is 27.5. The molecule has 0 radical (unpaired) electrons. The fourth-order valence-corrected chi connectivity index (χ4v) is 5.27. The van der Waals surface area contributed by atoms with Crippen LogP contribution in [-0.2, 0) is 19.7 Å². The fraction of sp³-hybridized carbons (Fsp3) is 0.433. The molecular formula is C30H35FN6O4. The molecule has 0 bridgehead atoms. The SMILES string of the molecule is CCOC(=O)/C(C=N)=C/Nc1ccc(-c2cc3nc(C(=O)N4CCCCCC4C)cc(C4(C)COC4)n3n2)c(F)c1. The van der Waals surface area contributed by atoms with Gasteiger partial charge in [-0.3, -0.25) is 4.79 Å². The van der Waals surface area contributed by atoms with Gasteiger partial charge in [0, 0.05) is 42.3 Å². The molecule has 5 rings (SSSR count). The maximum Gasteiger partial charge on any atom is 0.341 e. The molecule has 0 saturated carbocycles. The highest BCUT2D eigenvalue weighted by Crippen LogP contribution is 2.34. The van der Waals surface area contributed by atoms with Crippen LogP contribution in [0.3, 0.4) is 0 Å². The Bertz CT molecular complexity index is 1510. The summed E-state index contributed by atoms with van der Waals surface area (Å²) >= 11 is 0. The third kappa shape index (κ3) is 5.72. The van der Waals surface area contributed by atoms with Gasteiger partial charge < -0.3 is 25.1 Å². The minimum atomic E-state index is -0.645. The third-order valence-electron chi connectivity index (χ3n) is 7.73. The van der Waals surface area contributed by atoms with Crippen molar-refractivity contribution in [3.63, 3.8) is 0 Å². The van der Waals surface area contributed by atoms with E-state index in [-0.39, 0.29) is 35.1 Å². The van der Waals surface area contributed by atoms with Crippen LogP contribution in [0.5, 0.6) is 0 Å². The van der Waals surface area contributed by atoms with E-state index in [1.54, 1.807) is 29.6 Å². The van der Waals surface area contributed by atoms with E-state index in [1.807, 2.05) is 11.0 Å². The summed E-state index contributed by atoms with van der Waals surface area (Å²) in [4.78, 5) is 32.2. The average molecular weight is 563 g/mol. The van der Waals surface area contributed by atoms with Gasteiger partial charge in [0.2, 0.25) is 0 Å². The number of aromatic nitrogens is 3. The monoisotopic (exact) mass is 562 g/mol. The lowest BCUT2D eigenvalue weighted by Crippen LogP contribution is -2.46. The van der Waals surface area contributed by atoms with Gasteiger partial charge in [0.05, 0.1) is 42.2 Å². The summed E-state index contributed by atoms with van der Waals surface area (Å²) in [6.07, 6.45) is 6.32. The first-order valence-electron chi connectivity index (χ1n) is 14.0. The van der Waals surface area contributed by atoms with Crippen molar-refractivity contribution in [2.45, 2.75) is 57.9 Å². The Balaban J connectivity index is 1.49. The van der Waals surface area contributed by atoms with Gasteiger partial charge in [-0.2, -0.15) is 5.10 Å². The molecule has 10 nitrogen and oxygen atoms in total. The molecule has 1 atom stereocenters. The van der Waals surface area contributed by atoms with Crippen molar-refractivity contribution in [1.29, 1.82) is 5.41 Å². The Morgan fingerprint density at radius 2 is 2.05 bits per heavy atom. The van der Waals surface area contributed by atoms with Gasteiger partial charge in [-0.1, -0.05) is 12.8 Å². The molecular weight excluding hydrogens is 527 g/mol. The first-order chi connectivity index (χ1) is 19.7. The lowest BCUT2D eigenvalue weighted by atomic mass is 9.84. The van der Waals surface area contributed by atoms with Crippen LogP contribution < -0.4 is 5.32 Å². The van der Waals surface area contributed by atoms with E-state index < -0.39 is 11.8 Å². The van der Waals surface area contributed by atoms with Gasteiger partial charge in [0.1, 0.15) is 11.5 Å². The van der Waals surface area contributed by atoms with E-state index in [4.69, 9.17) is 25.0 Å². The van der Waals surface area contributed by atoms with Crippen LogP contribution >= 0.6 is 0 Å². The number of fused-ring (bicyclic) bond motifs is 1. The standard InChI is InChI=1S/C30H35FN6O4/c1-4-41-29(39)20(15-32)16-33-21-9-10-22(23(31)12-21)24-14-27-34-25(28(38)36-11-7-5-6-8-19(36)2)13-26(37(27)35-24)30(3)17-40-18-30/h9-10,12-16,19,32-33H,4-8,11,17-18H2,1-3H3/b20-16+,32-15?. The molecule has 2 saturated heterocycles. The number of esters is 1. The van der Waals surface area contributed by atoms with Crippen molar-refractivity contribution >= 4 is 29.4 Å². The first-order valence-corrected chi connectivity index (χ1v) is 14.0. The summed E-state index contributed by atoms with van der Waals surface area (Å²) in [6, 6.07) is 8.16. The average Bonchev–Trinajstić information content (AvgIpc) is 3.25. The largest absolute Gasteiger partial charge is 0.462 e. The zero-order valence-electron chi connectivity index (χ0n) is 23.6. The summed E-state index contributed by atoms with van der Waals surface area (Å²) in [6.45, 7) is 7.68. The second-order valence-electron chi connectivity index (χ2n) is 10.9. The van der Waals surface area contributed by atoms with Crippen LogP contribution in [0.4, 0.5) is 10.1 Å². The maximum atomic E-state index is 15.3. The van der Waals surface area contributed by atoms with E-state index in [1.165, 1.54) is 12.3 Å². The molecule has 1 aromatic carbocycles. The number of rotatable bonds is 8. The molecule has 2 aliphatic heterocycles. The predicted octanol–water partition coefficient (Wildman–Crippen LogP) is 4.74. The molecule has 216 valence electrons. The van der Waals surface area contributed by atoms with Crippen LogP contribution in [0.2, 0.25) is 0 Å². The van der Waals surface area contributed by atoms with Crippen molar-refractivity contribution in [3.05, 3.63) is 59.3 Å². The summed E-state index contributed by atoms with van der Waals surface area (Å²) in [5.41, 5.74) is 2.29. The van der Waals surface area contributed by atoms with Crippen LogP contribution in [-0.4, -0.2) is 70.0 Å². The lowest BCUT2D eigenvalue weighted by molar-refractivity contribution is -0.137. The number of amides is 1. The number of anilines is 1. The Hall–Kier alpha value is -4.12. The minimum absolute atomic E-state index is 0.00341. The number of likely N-dealkylation sites (tertiary alicyclic amines) is 1. The molecule has 1 unspecified atom stereocenters. The van der Waals surface area contributed by atoms with Gasteiger partial charge in [-0.05, 0) is 57.9 Å². The summed E-state index contributed by atoms with van der Waals surface area (Å²) in [7, 11) is 0. The van der Waals surface area contributed by atoms with Gasteiger partial charge in [-0.15, -0.1) is 0 Å². The van der Waals surface area contributed by atoms with E-state index in [2.05, 4.69) is 19.2 Å². The number of carbonyl (C=O) groups is 2. The molecule has 3 aromatic rings. The van der Waals surface area contributed by atoms with Crippen molar-refractivity contribution in [2.24, 2.45) is 0 Å². The van der Waals surface area contributed by atoms with E-state index in [0.29, 0.717) is 42.5 Å². The number of benzene rings is 1. The second-order valence-corrected chi connectivity index (χ2v) is 10.9. The highest BCUT2D eigenvalue weighted by atomic mass is 19.1. The number of nitrogens with one attached hydrogen (secondary N) is 2. The second kappa shape index (κ2) is 11.8. The topological polar surface area (TPSA) is 122 Å². The highest BCUT2D eigenvalue weighted by Gasteiger charge is 2.39. The molecule has 0 spiro atoms. The molecule has 4 heterocycles. The summed E-state index contributed by atoms with van der Waals surface area (Å²) in [5, 5.41) is 15.0. The smallest absolute Gasteiger partial charge is 0.341 e. The Kier molecular flexibility index (Phi) is 8.16. The van der Waals surface area contributed by atoms with E-state index >= 15 is 4.39 Å². The maximum absolute atomic E-state index is 15.3. The van der Waals surface area contributed by atoms with E-state index in [9.17, 15) is 9.59 Å². The number of carbonyl (C=O) groups excluding carboxylic acids is 2. The van der Waals surface area contributed by atoms with Gasteiger partial charge in [0.15, 0.2) is 5.65 Å². The number of ether oxygens (including phenoxy) is 2. The fourth-order valence-electron chi connectivity index (χ4n) is 5.27. The number of hydrogen-bond donors (Lipinski definition) is 2. The zero-order chi connectivity index (χ0) is 29.1. The zero-order valence-corrected chi connectivity index (χ0v) is 23.6. The minimum Gasteiger partial charge on any atom is -0.462 e. The Morgan fingerprint density at radius 3 is 2.73 bits per heavy atom. The third-order valence-corrected chi connectivity index (χ3v) is 7.73.